The van der Waals surface area contributed by atoms with Crippen molar-refractivity contribution in [3.63, 3.8) is 0 Å². The highest BCUT2D eigenvalue weighted by atomic mass is 14.2. The van der Waals surface area contributed by atoms with E-state index in [1.165, 1.54) is 27.8 Å². The lowest BCUT2D eigenvalue weighted by Crippen LogP contribution is -1.89. The monoisotopic (exact) mass is 218 g/mol. The zero-order valence-corrected chi connectivity index (χ0v) is 9.74. The Hall–Kier alpha value is -2.08. The molecule has 0 atom stereocenters. The number of fused-ring (bicyclic) bond motifs is 2. The summed E-state index contributed by atoms with van der Waals surface area (Å²) in [6.45, 7) is 8.46. The average Bonchev–Trinajstić information content (AvgIpc) is 2.48. The van der Waals surface area contributed by atoms with E-state index in [9.17, 15) is 0 Å². The Morgan fingerprint density at radius 2 is 1.29 bits per heavy atom. The standard InChI is InChI=1S/C17H14/c1-12-11-14-7-3-4-9-16(14)13(2)17-10-6-5-8-15(12)17/h3-10H,1-2,11H2. The number of hydrogen-bond donors (Lipinski definition) is 0. The zero-order valence-electron chi connectivity index (χ0n) is 9.74. The van der Waals surface area contributed by atoms with E-state index >= 15 is 0 Å². The third-order valence-electron chi connectivity index (χ3n) is 3.38. The molecule has 0 unspecified atom stereocenters. The minimum atomic E-state index is 0.909. The fourth-order valence-corrected chi connectivity index (χ4v) is 2.49. The quantitative estimate of drug-likeness (QED) is 0.618. The van der Waals surface area contributed by atoms with Gasteiger partial charge in [0.2, 0.25) is 0 Å². The summed E-state index contributed by atoms with van der Waals surface area (Å²) in [5.74, 6) is 0. The molecule has 0 spiro atoms. The molecule has 0 saturated heterocycles. The van der Waals surface area contributed by atoms with E-state index in [-0.39, 0.29) is 0 Å². The van der Waals surface area contributed by atoms with Crippen molar-refractivity contribution in [3.8, 4) is 0 Å². The van der Waals surface area contributed by atoms with Gasteiger partial charge in [0.1, 0.15) is 0 Å². The Morgan fingerprint density at radius 1 is 0.706 bits per heavy atom. The first-order valence-electron chi connectivity index (χ1n) is 5.82. The van der Waals surface area contributed by atoms with Crippen LogP contribution >= 0.6 is 0 Å². The predicted molar refractivity (Wildman–Crippen MR) is 73.8 cm³/mol. The van der Waals surface area contributed by atoms with Crippen molar-refractivity contribution < 1.29 is 0 Å². The molecule has 0 bridgehead atoms. The maximum Gasteiger partial charge on any atom is -0.00193 e. The van der Waals surface area contributed by atoms with Crippen LogP contribution in [0.1, 0.15) is 22.3 Å². The minimum absolute atomic E-state index is 0.909. The molecule has 2 aromatic rings. The van der Waals surface area contributed by atoms with Gasteiger partial charge in [0, 0.05) is 0 Å². The summed E-state index contributed by atoms with van der Waals surface area (Å²) in [6.07, 6.45) is 0.909. The lowest BCUT2D eigenvalue weighted by Gasteiger charge is -2.09. The van der Waals surface area contributed by atoms with E-state index in [1.807, 2.05) is 0 Å². The largest absolute Gasteiger partial charge is 0.0949 e. The molecule has 0 saturated carbocycles. The van der Waals surface area contributed by atoms with Gasteiger partial charge in [0.25, 0.3) is 0 Å². The molecule has 17 heavy (non-hydrogen) atoms. The molecule has 0 aromatic heterocycles. The van der Waals surface area contributed by atoms with E-state index in [4.69, 9.17) is 0 Å². The predicted octanol–water partition coefficient (Wildman–Crippen LogP) is 4.32. The van der Waals surface area contributed by atoms with Crippen LogP contribution in [0.3, 0.4) is 0 Å². The molecule has 0 radical (unpaired) electrons. The molecular formula is C17H14. The van der Waals surface area contributed by atoms with Crippen molar-refractivity contribution in [2.24, 2.45) is 0 Å². The van der Waals surface area contributed by atoms with Gasteiger partial charge in [-0.2, -0.15) is 0 Å². The normalized spacial score (nSPS) is 13.9. The number of benzene rings is 2. The van der Waals surface area contributed by atoms with Gasteiger partial charge in [0.05, 0.1) is 0 Å². The van der Waals surface area contributed by atoms with Gasteiger partial charge in [-0.1, -0.05) is 61.7 Å². The summed E-state index contributed by atoms with van der Waals surface area (Å²) in [6, 6.07) is 16.8. The summed E-state index contributed by atoms with van der Waals surface area (Å²) >= 11 is 0. The van der Waals surface area contributed by atoms with Crippen LogP contribution in [-0.2, 0) is 6.42 Å². The molecule has 0 nitrogen and oxygen atoms in total. The van der Waals surface area contributed by atoms with Crippen LogP contribution in [0, 0.1) is 0 Å². The Bertz CT molecular complexity index is 617. The maximum absolute atomic E-state index is 4.25. The van der Waals surface area contributed by atoms with Crippen LogP contribution in [0.4, 0.5) is 0 Å². The van der Waals surface area contributed by atoms with E-state index in [0.717, 1.165) is 12.0 Å². The minimum Gasteiger partial charge on any atom is -0.0949 e. The molecule has 0 heteroatoms. The van der Waals surface area contributed by atoms with Gasteiger partial charge >= 0.3 is 0 Å². The van der Waals surface area contributed by atoms with E-state index in [0.29, 0.717) is 0 Å². The van der Waals surface area contributed by atoms with Gasteiger partial charge in [-0.3, -0.25) is 0 Å². The molecule has 2 aromatic carbocycles. The summed E-state index contributed by atoms with van der Waals surface area (Å²) in [7, 11) is 0. The number of rotatable bonds is 0. The summed E-state index contributed by atoms with van der Waals surface area (Å²) < 4.78 is 0. The van der Waals surface area contributed by atoms with Crippen molar-refractivity contribution in [3.05, 3.63) is 83.9 Å². The summed E-state index contributed by atoms with van der Waals surface area (Å²) in [4.78, 5) is 0. The van der Waals surface area contributed by atoms with Crippen LogP contribution in [0.25, 0.3) is 11.1 Å². The highest BCUT2D eigenvalue weighted by molar-refractivity contribution is 5.90. The molecule has 1 aliphatic rings. The average molecular weight is 218 g/mol. The molecule has 3 rings (SSSR count). The van der Waals surface area contributed by atoms with E-state index in [2.05, 4.69) is 61.7 Å². The van der Waals surface area contributed by atoms with Crippen molar-refractivity contribution >= 4 is 11.1 Å². The van der Waals surface area contributed by atoms with Crippen LogP contribution in [0.15, 0.2) is 61.7 Å². The maximum atomic E-state index is 4.25. The smallest absolute Gasteiger partial charge is 0.00193 e. The fourth-order valence-electron chi connectivity index (χ4n) is 2.49. The van der Waals surface area contributed by atoms with Gasteiger partial charge < -0.3 is 0 Å². The number of allylic oxidation sites excluding steroid dienone is 1. The van der Waals surface area contributed by atoms with Crippen molar-refractivity contribution in [2.75, 3.05) is 0 Å². The van der Waals surface area contributed by atoms with E-state index < -0.39 is 0 Å². The van der Waals surface area contributed by atoms with Gasteiger partial charge in [-0.05, 0) is 39.8 Å². The Kier molecular flexibility index (Phi) is 2.22. The molecule has 0 N–H and O–H groups in total. The summed E-state index contributed by atoms with van der Waals surface area (Å²) in [5.41, 5.74) is 7.29. The van der Waals surface area contributed by atoms with Gasteiger partial charge in [-0.25, -0.2) is 0 Å². The molecule has 82 valence electrons. The third-order valence-corrected chi connectivity index (χ3v) is 3.38. The first kappa shape index (κ1) is 10.1. The zero-order chi connectivity index (χ0) is 11.8. The first-order valence-corrected chi connectivity index (χ1v) is 5.82. The Balaban J connectivity index is 2.30. The molecule has 0 aliphatic heterocycles. The van der Waals surface area contributed by atoms with Crippen molar-refractivity contribution in [1.29, 1.82) is 0 Å². The highest BCUT2D eigenvalue weighted by Crippen LogP contribution is 2.36. The first-order chi connectivity index (χ1) is 8.27. The lowest BCUT2D eigenvalue weighted by molar-refractivity contribution is 1.29. The SMILES string of the molecule is C=C1Cc2ccccc2C(=C)c2ccccc21. The highest BCUT2D eigenvalue weighted by Gasteiger charge is 2.17. The fraction of sp³-hybridized carbons (Fsp3) is 0.0588. The van der Waals surface area contributed by atoms with E-state index in [1.54, 1.807) is 0 Å². The van der Waals surface area contributed by atoms with Gasteiger partial charge in [-0.15, -0.1) is 0 Å². The van der Waals surface area contributed by atoms with Crippen LogP contribution < -0.4 is 0 Å². The lowest BCUT2D eigenvalue weighted by atomic mass is 9.95. The molecule has 0 heterocycles. The Labute approximate surface area is 102 Å². The topological polar surface area (TPSA) is 0 Å². The third kappa shape index (κ3) is 1.53. The van der Waals surface area contributed by atoms with Crippen LogP contribution in [-0.4, -0.2) is 0 Å². The van der Waals surface area contributed by atoms with Crippen LogP contribution in [0.5, 0.6) is 0 Å². The second-order valence-electron chi connectivity index (χ2n) is 4.46. The van der Waals surface area contributed by atoms with Crippen molar-refractivity contribution in [1.82, 2.24) is 0 Å². The second kappa shape index (κ2) is 3.74. The molecule has 0 fully saturated rings. The van der Waals surface area contributed by atoms with Gasteiger partial charge in [0.15, 0.2) is 0 Å². The number of hydrogen-bond acceptors (Lipinski definition) is 0. The van der Waals surface area contributed by atoms with Crippen molar-refractivity contribution in [2.45, 2.75) is 6.42 Å². The Morgan fingerprint density at radius 3 is 2.06 bits per heavy atom. The molecule has 1 aliphatic carbocycles. The second-order valence-corrected chi connectivity index (χ2v) is 4.46. The van der Waals surface area contributed by atoms with Crippen LogP contribution in [0.2, 0.25) is 0 Å². The molecule has 0 amide bonds. The summed E-state index contributed by atoms with van der Waals surface area (Å²) in [5, 5.41) is 0. The molecular weight excluding hydrogens is 204 g/mol.